The minimum Gasteiger partial charge on any atom is -0.493 e. The molecule has 0 atom stereocenters. The summed E-state index contributed by atoms with van der Waals surface area (Å²) >= 11 is 0. The molecule has 0 aliphatic heterocycles. The molecule has 2 rings (SSSR count). The molecule has 1 saturated carbocycles. The topological polar surface area (TPSA) is 65.0 Å². The Morgan fingerprint density at radius 2 is 1.84 bits per heavy atom. The lowest BCUT2D eigenvalue weighted by Gasteiger charge is -2.15. The fraction of sp³-hybridized carbons (Fsp3) is 0.500. The second-order valence-corrected chi connectivity index (χ2v) is 4.60. The third kappa shape index (κ3) is 3.30. The molecule has 0 radical (unpaired) electrons. The number of carboxylic acid groups (broad SMARTS) is 1. The predicted molar refractivity (Wildman–Crippen MR) is 69.3 cm³/mol. The van der Waals surface area contributed by atoms with Crippen molar-refractivity contribution in [3.8, 4) is 17.2 Å². The smallest absolute Gasteiger partial charge is 0.335 e. The second-order valence-electron chi connectivity index (χ2n) is 4.60. The lowest BCUT2D eigenvalue weighted by atomic mass is 10.2. The maximum Gasteiger partial charge on any atom is 0.335 e. The van der Waals surface area contributed by atoms with Crippen molar-refractivity contribution in [1.29, 1.82) is 0 Å². The fourth-order valence-corrected chi connectivity index (χ4v) is 1.88. The van der Waals surface area contributed by atoms with Crippen LogP contribution in [0.3, 0.4) is 0 Å². The Morgan fingerprint density at radius 3 is 2.26 bits per heavy atom. The SMILES string of the molecule is COc1cc(C(=O)O)cc(OC)c1OCCC1CC1. The Balaban J connectivity index is 2.19. The standard InChI is InChI=1S/C14H18O5/c1-17-11-7-10(14(15)16)8-12(18-2)13(11)19-6-5-9-3-4-9/h7-9H,3-6H2,1-2H3,(H,15,16). The van der Waals surface area contributed by atoms with Gasteiger partial charge in [-0.1, -0.05) is 12.8 Å². The Morgan fingerprint density at radius 1 is 1.26 bits per heavy atom. The van der Waals surface area contributed by atoms with E-state index in [9.17, 15) is 4.79 Å². The number of carboxylic acids is 1. The van der Waals surface area contributed by atoms with Crippen LogP contribution in [-0.2, 0) is 0 Å². The van der Waals surface area contributed by atoms with Crippen LogP contribution < -0.4 is 14.2 Å². The number of aromatic carboxylic acids is 1. The summed E-state index contributed by atoms with van der Waals surface area (Å²) in [6, 6.07) is 2.88. The number of hydrogen-bond acceptors (Lipinski definition) is 4. The van der Waals surface area contributed by atoms with Crippen molar-refractivity contribution < 1.29 is 24.1 Å². The number of carbonyl (C=O) groups is 1. The summed E-state index contributed by atoms with van der Waals surface area (Å²) in [6.45, 7) is 0.587. The largest absolute Gasteiger partial charge is 0.493 e. The predicted octanol–water partition coefficient (Wildman–Crippen LogP) is 2.58. The summed E-state index contributed by atoms with van der Waals surface area (Å²) < 4.78 is 16.1. The molecular weight excluding hydrogens is 248 g/mol. The van der Waals surface area contributed by atoms with Gasteiger partial charge in [0.1, 0.15) is 0 Å². The molecule has 0 bridgehead atoms. The van der Waals surface area contributed by atoms with E-state index >= 15 is 0 Å². The molecule has 1 N–H and O–H groups in total. The molecule has 1 aliphatic carbocycles. The summed E-state index contributed by atoms with van der Waals surface area (Å²) in [5, 5.41) is 9.02. The first kappa shape index (κ1) is 13.5. The first-order chi connectivity index (χ1) is 9.15. The van der Waals surface area contributed by atoms with Crippen LogP contribution >= 0.6 is 0 Å². The summed E-state index contributed by atoms with van der Waals surface area (Å²) in [5.74, 6) is 0.979. The van der Waals surface area contributed by atoms with E-state index in [1.165, 1.54) is 39.2 Å². The average Bonchev–Trinajstić information content (AvgIpc) is 3.22. The Labute approximate surface area is 112 Å². The highest BCUT2D eigenvalue weighted by molar-refractivity contribution is 5.89. The number of hydrogen-bond donors (Lipinski definition) is 1. The van der Waals surface area contributed by atoms with Crippen molar-refractivity contribution >= 4 is 5.97 Å². The molecule has 1 aliphatic rings. The van der Waals surface area contributed by atoms with E-state index in [-0.39, 0.29) is 5.56 Å². The van der Waals surface area contributed by atoms with Crippen LogP contribution in [-0.4, -0.2) is 31.9 Å². The second kappa shape index (κ2) is 5.82. The number of rotatable bonds is 7. The van der Waals surface area contributed by atoms with Crippen LogP contribution in [0.4, 0.5) is 0 Å². The summed E-state index contributed by atoms with van der Waals surface area (Å²) in [6.07, 6.45) is 3.55. The van der Waals surface area contributed by atoms with E-state index < -0.39 is 5.97 Å². The van der Waals surface area contributed by atoms with E-state index in [1.807, 2.05) is 0 Å². The zero-order chi connectivity index (χ0) is 13.8. The minimum absolute atomic E-state index is 0.114. The van der Waals surface area contributed by atoms with Crippen molar-refractivity contribution in [1.82, 2.24) is 0 Å². The van der Waals surface area contributed by atoms with Gasteiger partial charge in [0.2, 0.25) is 5.75 Å². The van der Waals surface area contributed by atoms with Gasteiger partial charge in [0, 0.05) is 0 Å². The normalized spacial score (nSPS) is 14.0. The van der Waals surface area contributed by atoms with Crippen molar-refractivity contribution in [3.05, 3.63) is 17.7 Å². The summed E-state index contributed by atoms with van der Waals surface area (Å²) in [5.41, 5.74) is 0.114. The monoisotopic (exact) mass is 266 g/mol. The molecule has 0 aromatic heterocycles. The Hall–Kier alpha value is -1.91. The zero-order valence-electron chi connectivity index (χ0n) is 11.1. The van der Waals surface area contributed by atoms with E-state index in [1.54, 1.807) is 0 Å². The molecule has 0 saturated heterocycles. The third-order valence-corrected chi connectivity index (χ3v) is 3.18. The molecule has 1 fully saturated rings. The maximum atomic E-state index is 11.0. The molecule has 0 unspecified atom stereocenters. The highest BCUT2D eigenvalue weighted by Crippen LogP contribution is 2.39. The van der Waals surface area contributed by atoms with Crippen molar-refractivity contribution in [2.45, 2.75) is 19.3 Å². The molecule has 0 heterocycles. The van der Waals surface area contributed by atoms with Crippen molar-refractivity contribution in [3.63, 3.8) is 0 Å². The summed E-state index contributed by atoms with van der Waals surface area (Å²) in [4.78, 5) is 11.0. The van der Waals surface area contributed by atoms with E-state index in [0.717, 1.165) is 12.3 Å². The van der Waals surface area contributed by atoms with Gasteiger partial charge in [0.05, 0.1) is 26.4 Å². The van der Waals surface area contributed by atoms with Crippen LogP contribution in [0.25, 0.3) is 0 Å². The van der Waals surface area contributed by atoms with Gasteiger partial charge < -0.3 is 19.3 Å². The van der Waals surface area contributed by atoms with Gasteiger partial charge in [-0.3, -0.25) is 0 Å². The zero-order valence-corrected chi connectivity index (χ0v) is 11.1. The first-order valence-electron chi connectivity index (χ1n) is 6.27. The van der Waals surface area contributed by atoms with Gasteiger partial charge in [0.25, 0.3) is 0 Å². The molecular formula is C14H18O5. The quantitative estimate of drug-likeness (QED) is 0.821. The Kier molecular flexibility index (Phi) is 4.14. The van der Waals surface area contributed by atoms with Crippen LogP contribution in [0.2, 0.25) is 0 Å². The van der Waals surface area contributed by atoms with Crippen LogP contribution in [0.1, 0.15) is 29.6 Å². The third-order valence-electron chi connectivity index (χ3n) is 3.18. The van der Waals surface area contributed by atoms with Gasteiger partial charge in [-0.25, -0.2) is 4.79 Å². The Bertz CT molecular complexity index is 440. The highest BCUT2D eigenvalue weighted by Gasteiger charge is 2.22. The first-order valence-corrected chi connectivity index (χ1v) is 6.27. The molecule has 104 valence electrons. The average molecular weight is 266 g/mol. The number of ether oxygens (including phenoxy) is 3. The molecule has 0 amide bonds. The van der Waals surface area contributed by atoms with Gasteiger partial charge >= 0.3 is 5.97 Å². The number of benzene rings is 1. The lowest BCUT2D eigenvalue weighted by molar-refractivity contribution is 0.0696. The molecule has 1 aromatic rings. The van der Waals surface area contributed by atoms with Crippen molar-refractivity contribution in [2.75, 3.05) is 20.8 Å². The van der Waals surface area contributed by atoms with E-state index in [2.05, 4.69) is 0 Å². The van der Waals surface area contributed by atoms with Crippen LogP contribution in [0.5, 0.6) is 17.2 Å². The molecule has 5 heteroatoms. The maximum absolute atomic E-state index is 11.0. The van der Waals surface area contributed by atoms with Crippen LogP contribution in [0, 0.1) is 5.92 Å². The van der Waals surface area contributed by atoms with Gasteiger partial charge in [-0.15, -0.1) is 0 Å². The van der Waals surface area contributed by atoms with E-state index in [4.69, 9.17) is 19.3 Å². The highest BCUT2D eigenvalue weighted by atomic mass is 16.5. The van der Waals surface area contributed by atoms with Crippen molar-refractivity contribution in [2.24, 2.45) is 5.92 Å². The van der Waals surface area contributed by atoms with E-state index in [0.29, 0.717) is 23.9 Å². The minimum atomic E-state index is -1.03. The summed E-state index contributed by atoms with van der Waals surface area (Å²) in [7, 11) is 2.96. The number of methoxy groups -OCH3 is 2. The van der Waals surface area contributed by atoms with Gasteiger partial charge in [-0.2, -0.15) is 0 Å². The molecule has 19 heavy (non-hydrogen) atoms. The van der Waals surface area contributed by atoms with Gasteiger partial charge in [0.15, 0.2) is 11.5 Å². The van der Waals surface area contributed by atoms with Gasteiger partial charge in [-0.05, 0) is 24.5 Å². The molecule has 5 nitrogen and oxygen atoms in total. The fourth-order valence-electron chi connectivity index (χ4n) is 1.88. The van der Waals surface area contributed by atoms with Crippen LogP contribution in [0.15, 0.2) is 12.1 Å². The molecule has 1 aromatic carbocycles. The lowest BCUT2D eigenvalue weighted by Crippen LogP contribution is -2.05. The molecule has 0 spiro atoms.